The number of aromatic nitrogens is 3. The van der Waals surface area contributed by atoms with Crippen LogP contribution in [0.5, 0.6) is 5.75 Å². The molecule has 1 saturated heterocycles. The predicted octanol–water partition coefficient (Wildman–Crippen LogP) is 2.57. The SMILES string of the molecule is COc1ccc(CN2CCC[C@H](c3nnc(CN(C)C)n3C)C2)cc1C. The van der Waals surface area contributed by atoms with Crippen molar-refractivity contribution in [3.8, 4) is 5.75 Å². The Morgan fingerprint density at radius 1 is 1.27 bits per heavy atom. The van der Waals surface area contributed by atoms with E-state index in [0.29, 0.717) is 5.92 Å². The van der Waals surface area contributed by atoms with E-state index >= 15 is 0 Å². The number of nitrogens with zero attached hydrogens (tertiary/aromatic N) is 5. The first-order valence-corrected chi connectivity index (χ1v) is 9.36. The second-order valence-electron chi connectivity index (χ2n) is 7.65. The number of benzene rings is 1. The summed E-state index contributed by atoms with van der Waals surface area (Å²) >= 11 is 0. The molecule has 0 radical (unpaired) electrons. The van der Waals surface area contributed by atoms with Crippen LogP contribution in [0.2, 0.25) is 0 Å². The molecule has 0 bridgehead atoms. The minimum Gasteiger partial charge on any atom is -0.496 e. The highest BCUT2D eigenvalue weighted by atomic mass is 16.5. The Morgan fingerprint density at radius 3 is 2.77 bits per heavy atom. The Labute approximate surface area is 156 Å². The van der Waals surface area contributed by atoms with Gasteiger partial charge in [0.05, 0.1) is 13.7 Å². The van der Waals surface area contributed by atoms with Crippen LogP contribution < -0.4 is 4.74 Å². The van der Waals surface area contributed by atoms with Gasteiger partial charge >= 0.3 is 0 Å². The molecule has 26 heavy (non-hydrogen) atoms. The molecule has 6 heteroatoms. The largest absolute Gasteiger partial charge is 0.496 e. The van der Waals surface area contributed by atoms with E-state index in [1.807, 2.05) is 0 Å². The minimum atomic E-state index is 0.455. The van der Waals surface area contributed by atoms with Crippen molar-refractivity contribution in [3.05, 3.63) is 41.0 Å². The highest BCUT2D eigenvalue weighted by molar-refractivity contribution is 5.36. The van der Waals surface area contributed by atoms with Crippen molar-refractivity contribution in [3.63, 3.8) is 0 Å². The van der Waals surface area contributed by atoms with E-state index in [2.05, 4.69) is 70.8 Å². The number of hydrogen-bond donors (Lipinski definition) is 0. The molecule has 0 unspecified atom stereocenters. The van der Waals surface area contributed by atoms with Crippen LogP contribution in [-0.2, 0) is 20.1 Å². The van der Waals surface area contributed by atoms with Crippen LogP contribution in [0.1, 0.15) is 41.5 Å². The van der Waals surface area contributed by atoms with Crippen LogP contribution in [0, 0.1) is 6.92 Å². The van der Waals surface area contributed by atoms with Crippen molar-refractivity contribution in [2.45, 2.75) is 38.8 Å². The number of methoxy groups -OCH3 is 1. The maximum absolute atomic E-state index is 5.37. The maximum Gasteiger partial charge on any atom is 0.146 e. The molecule has 6 nitrogen and oxygen atoms in total. The van der Waals surface area contributed by atoms with Gasteiger partial charge < -0.3 is 14.2 Å². The Bertz CT molecular complexity index is 740. The Kier molecular flexibility index (Phi) is 5.94. The van der Waals surface area contributed by atoms with Gasteiger partial charge in [-0.1, -0.05) is 12.1 Å². The van der Waals surface area contributed by atoms with Gasteiger partial charge in [-0.15, -0.1) is 10.2 Å². The third-order valence-electron chi connectivity index (χ3n) is 5.19. The highest BCUT2D eigenvalue weighted by Gasteiger charge is 2.26. The first kappa shape index (κ1) is 18.9. The molecule has 1 atom stereocenters. The molecular weight excluding hydrogens is 326 g/mol. The van der Waals surface area contributed by atoms with Gasteiger partial charge in [0, 0.05) is 26.1 Å². The van der Waals surface area contributed by atoms with E-state index < -0.39 is 0 Å². The average molecular weight is 358 g/mol. The first-order valence-electron chi connectivity index (χ1n) is 9.36. The average Bonchev–Trinajstić information content (AvgIpc) is 2.95. The molecule has 142 valence electrons. The van der Waals surface area contributed by atoms with Crippen molar-refractivity contribution < 1.29 is 4.74 Å². The van der Waals surface area contributed by atoms with E-state index in [9.17, 15) is 0 Å². The van der Waals surface area contributed by atoms with Gasteiger partial charge in [0.1, 0.15) is 17.4 Å². The van der Waals surface area contributed by atoms with Crippen molar-refractivity contribution in [2.24, 2.45) is 7.05 Å². The number of rotatable bonds is 6. The van der Waals surface area contributed by atoms with Crippen molar-refractivity contribution in [1.29, 1.82) is 0 Å². The number of hydrogen-bond acceptors (Lipinski definition) is 5. The quantitative estimate of drug-likeness (QED) is 0.795. The summed E-state index contributed by atoms with van der Waals surface area (Å²) in [6.07, 6.45) is 2.39. The lowest BCUT2D eigenvalue weighted by molar-refractivity contribution is 0.195. The fourth-order valence-corrected chi connectivity index (χ4v) is 3.86. The van der Waals surface area contributed by atoms with Gasteiger partial charge in [-0.25, -0.2) is 0 Å². The van der Waals surface area contributed by atoms with E-state index in [4.69, 9.17) is 4.74 Å². The van der Waals surface area contributed by atoms with Crippen LogP contribution in [0.3, 0.4) is 0 Å². The van der Waals surface area contributed by atoms with Crippen LogP contribution >= 0.6 is 0 Å². The molecule has 3 rings (SSSR count). The third kappa shape index (κ3) is 4.24. The second-order valence-corrected chi connectivity index (χ2v) is 7.65. The lowest BCUT2D eigenvalue weighted by atomic mass is 9.96. The summed E-state index contributed by atoms with van der Waals surface area (Å²) in [5.41, 5.74) is 2.54. The molecular formula is C20H31N5O. The molecule has 0 amide bonds. The fraction of sp³-hybridized carbons (Fsp3) is 0.600. The van der Waals surface area contributed by atoms with Gasteiger partial charge in [-0.05, 0) is 57.6 Å². The summed E-state index contributed by atoms with van der Waals surface area (Å²) in [5.74, 6) is 3.57. The monoisotopic (exact) mass is 357 g/mol. The third-order valence-corrected chi connectivity index (χ3v) is 5.19. The second kappa shape index (κ2) is 8.18. The van der Waals surface area contributed by atoms with Crippen molar-refractivity contribution in [2.75, 3.05) is 34.3 Å². The summed E-state index contributed by atoms with van der Waals surface area (Å²) in [5, 5.41) is 8.92. The van der Waals surface area contributed by atoms with E-state index in [0.717, 1.165) is 43.6 Å². The van der Waals surface area contributed by atoms with Gasteiger partial charge in [0.15, 0.2) is 0 Å². The lowest BCUT2D eigenvalue weighted by Crippen LogP contribution is -2.35. The molecule has 1 aromatic heterocycles. The van der Waals surface area contributed by atoms with Gasteiger partial charge in [0.25, 0.3) is 0 Å². The van der Waals surface area contributed by atoms with Crippen LogP contribution in [0.15, 0.2) is 18.2 Å². The molecule has 1 aliphatic rings. The number of aryl methyl sites for hydroxylation is 1. The summed E-state index contributed by atoms with van der Waals surface area (Å²) < 4.78 is 7.56. The van der Waals surface area contributed by atoms with E-state index in [1.54, 1.807) is 7.11 Å². The maximum atomic E-state index is 5.37. The summed E-state index contributed by atoms with van der Waals surface area (Å²) in [4.78, 5) is 4.67. The Balaban J connectivity index is 1.68. The predicted molar refractivity (Wildman–Crippen MR) is 103 cm³/mol. The standard InChI is InChI=1S/C20H31N5O/c1-15-11-16(8-9-18(15)26-5)12-25-10-6-7-17(13-25)20-22-21-19(24(20)4)14-23(2)3/h8-9,11,17H,6-7,10,12-14H2,1-5H3/t17-/m0/s1. The topological polar surface area (TPSA) is 46.4 Å². The number of piperidine rings is 1. The molecule has 2 heterocycles. The van der Waals surface area contributed by atoms with Crippen LogP contribution in [0.4, 0.5) is 0 Å². The Hall–Kier alpha value is -1.92. The lowest BCUT2D eigenvalue weighted by Gasteiger charge is -2.32. The molecule has 0 aliphatic carbocycles. The first-order chi connectivity index (χ1) is 12.5. The zero-order valence-electron chi connectivity index (χ0n) is 16.7. The molecule has 2 aromatic rings. The normalized spacial score (nSPS) is 18.5. The van der Waals surface area contributed by atoms with Gasteiger partial charge in [-0.3, -0.25) is 4.90 Å². The van der Waals surface area contributed by atoms with Crippen molar-refractivity contribution >= 4 is 0 Å². The van der Waals surface area contributed by atoms with Gasteiger partial charge in [0.2, 0.25) is 0 Å². The summed E-state index contributed by atoms with van der Waals surface area (Å²) in [6.45, 7) is 6.09. The Morgan fingerprint density at radius 2 is 2.08 bits per heavy atom. The zero-order valence-corrected chi connectivity index (χ0v) is 16.7. The minimum absolute atomic E-state index is 0.455. The van der Waals surface area contributed by atoms with E-state index in [1.165, 1.54) is 24.0 Å². The number of likely N-dealkylation sites (tertiary alicyclic amines) is 1. The molecule has 1 aliphatic heterocycles. The number of ether oxygens (including phenoxy) is 1. The molecule has 1 aromatic carbocycles. The zero-order chi connectivity index (χ0) is 18.7. The smallest absolute Gasteiger partial charge is 0.146 e. The van der Waals surface area contributed by atoms with Crippen LogP contribution in [0.25, 0.3) is 0 Å². The molecule has 0 saturated carbocycles. The summed E-state index contributed by atoms with van der Waals surface area (Å²) in [7, 11) is 7.95. The summed E-state index contributed by atoms with van der Waals surface area (Å²) in [6, 6.07) is 6.48. The molecule has 0 N–H and O–H groups in total. The molecule has 0 spiro atoms. The van der Waals surface area contributed by atoms with E-state index in [-0.39, 0.29) is 0 Å². The van der Waals surface area contributed by atoms with Crippen LogP contribution in [-0.4, -0.2) is 58.9 Å². The fourth-order valence-electron chi connectivity index (χ4n) is 3.86. The van der Waals surface area contributed by atoms with Gasteiger partial charge in [-0.2, -0.15) is 0 Å². The highest BCUT2D eigenvalue weighted by Crippen LogP contribution is 2.27. The molecule has 1 fully saturated rings. The van der Waals surface area contributed by atoms with Crippen molar-refractivity contribution in [1.82, 2.24) is 24.6 Å².